The van der Waals surface area contributed by atoms with Crippen LogP contribution < -0.4 is 4.74 Å². The first-order valence-corrected chi connectivity index (χ1v) is 6.35. The Kier molecular flexibility index (Phi) is 6.59. The number of alkyl halides is 1. The van der Waals surface area contributed by atoms with Gasteiger partial charge in [0.15, 0.2) is 11.6 Å². The van der Waals surface area contributed by atoms with Crippen molar-refractivity contribution in [3.05, 3.63) is 29.6 Å². The Hall–Kier alpha value is -1.33. The van der Waals surface area contributed by atoms with Crippen LogP contribution in [-0.4, -0.2) is 50.6 Å². The number of methoxy groups -OCH3 is 2. The standard InChI is InChI=1S/C13H17ClFNO3/c1-18-8-7-16(6-5-14)13(17)10-3-4-11(15)12(9-10)19-2/h3-4,9H,5-8H2,1-2H3. The molecule has 106 valence electrons. The minimum absolute atomic E-state index is 0.0448. The summed E-state index contributed by atoms with van der Waals surface area (Å²) in [5, 5.41) is 0. The van der Waals surface area contributed by atoms with Crippen molar-refractivity contribution in [3.63, 3.8) is 0 Å². The molecule has 4 nitrogen and oxygen atoms in total. The number of ether oxygens (including phenoxy) is 2. The summed E-state index contributed by atoms with van der Waals surface area (Å²) in [6.45, 7) is 1.26. The summed E-state index contributed by atoms with van der Waals surface area (Å²) in [7, 11) is 2.92. The molecule has 6 heteroatoms. The lowest BCUT2D eigenvalue weighted by atomic mass is 10.2. The van der Waals surface area contributed by atoms with Gasteiger partial charge in [-0.3, -0.25) is 4.79 Å². The van der Waals surface area contributed by atoms with E-state index in [0.717, 1.165) is 0 Å². The smallest absolute Gasteiger partial charge is 0.254 e. The number of carbonyl (C=O) groups excluding carboxylic acids is 1. The van der Waals surface area contributed by atoms with Crippen molar-refractivity contribution in [1.82, 2.24) is 4.90 Å². The molecule has 0 fully saturated rings. The number of benzene rings is 1. The maximum atomic E-state index is 13.3. The molecule has 0 atom stereocenters. The lowest BCUT2D eigenvalue weighted by Gasteiger charge is -2.21. The molecule has 0 saturated carbocycles. The van der Waals surface area contributed by atoms with E-state index in [2.05, 4.69) is 0 Å². The second kappa shape index (κ2) is 7.96. The number of halogens is 2. The molecule has 0 radical (unpaired) electrons. The van der Waals surface area contributed by atoms with Crippen LogP contribution in [0.5, 0.6) is 5.75 Å². The summed E-state index contributed by atoms with van der Waals surface area (Å²) >= 11 is 5.67. The van der Waals surface area contributed by atoms with Crippen molar-refractivity contribution >= 4 is 17.5 Å². The average Bonchev–Trinajstić information content (AvgIpc) is 2.43. The van der Waals surface area contributed by atoms with Gasteiger partial charge in [0, 0.05) is 31.6 Å². The van der Waals surface area contributed by atoms with Crippen LogP contribution in [0.15, 0.2) is 18.2 Å². The molecule has 0 aliphatic heterocycles. The van der Waals surface area contributed by atoms with Gasteiger partial charge in [0.25, 0.3) is 5.91 Å². The van der Waals surface area contributed by atoms with Gasteiger partial charge >= 0.3 is 0 Å². The molecule has 0 N–H and O–H groups in total. The molecule has 0 spiro atoms. The van der Waals surface area contributed by atoms with E-state index in [1.165, 1.54) is 25.3 Å². The minimum Gasteiger partial charge on any atom is -0.494 e. The van der Waals surface area contributed by atoms with E-state index >= 15 is 0 Å². The highest BCUT2D eigenvalue weighted by molar-refractivity contribution is 6.18. The Balaban J connectivity index is 2.88. The first kappa shape index (κ1) is 15.7. The summed E-state index contributed by atoms with van der Waals surface area (Å²) in [4.78, 5) is 13.8. The molecule has 0 heterocycles. The Morgan fingerprint density at radius 3 is 2.68 bits per heavy atom. The lowest BCUT2D eigenvalue weighted by Crippen LogP contribution is -2.35. The molecule has 0 aliphatic rings. The highest BCUT2D eigenvalue weighted by atomic mass is 35.5. The van der Waals surface area contributed by atoms with E-state index in [4.69, 9.17) is 21.1 Å². The van der Waals surface area contributed by atoms with Crippen LogP contribution in [-0.2, 0) is 4.74 Å². The maximum absolute atomic E-state index is 13.3. The van der Waals surface area contributed by atoms with Crippen molar-refractivity contribution in [3.8, 4) is 5.75 Å². The molecule has 0 bridgehead atoms. The van der Waals surface area contributed by atoms with Gasteiger partial charge in [-0.2, -0.15) is 0 Å². The quantitative estimate of drug-likeness (QED) is 0.722. The number of carbonyl (C=O) groups is 1. The van der Waals surface area contributed by atoms with Crippen molar-refractivity contribution in [2.75, 3.05) is 39.8 Å². The first-order valence-electron chi connectivity index (χ1n) is 5.81. The SMILES string of the molecule is COCCN(CCCl)C(=O)c1ccc(F)c(OC)c1. The Morgan fingerprint density at radius 1 is 1.37 bits per heavy atom. The number of hydrogen-bond donors (Lipinski definition) is 0. The molecular weight excluding hydrogens is 273 g/mol. The summed E-state index contributed by atoms with van der Waals surface area (Å²) in [6.07, 6.45) is 0. The fourth-order valence-electron chi connectivity index (χ4n) is 1.59. The summed E-state index contributed by atoms with van der Waals surface area (Å²) in [5.41, 5.74) is 0.361. The van der Waals surface area contributed by atoms with E-state index in [-0.39, 0.29) is 11.7 Å². The normalized spacial score (nSPS) is 10.3. The molecule has 1 aromatic carbocycles. The number of nitrogens with zero attached hydrogens (tertiary/aromatic N) is 1. The van der Waals surface area contributed by atoms with Gasteiger partial charge in [-0.15, -0.1) is 11.6 Å². The topological polar surface area (TPSA) is 38.8 Å². The zero-order valence-corrected chi connectivity index (χ0v) is 11.7. The largest absolute Gasteiger partial charge is 0.494 e. The van der Waals surface area contributed by atoms with Crippen LogP contribution in [0.1, 0.15) is 10.4 Å². The second-order valence-electron chi connectivity index (χ2n) is 3.82. The summed E-state index contributed by atoms with van der Waals surface area (Å²) in [6, 6.07) is 4.02. The van der Waals surface area contributed by atoms with Crippen LogP contribution in [0.3, 0.4) is 0 Å². The Labute approximate surface area is 117 Å². The van der Waals surface area contributed by atoms with Crippen LogP contribution >= 0.6 is 11.6 Å². The monoisotopic (exact) mass is 289 g/mol. The van der Waals surface area contributed by atoms with E-state index in [0.29, 0.717) is 31.1 Å². The van der Waals surface area contributed by atoms with E-state index in [1.807, 2.05) is 0 Å². The predicted molar refractivity (Wildman–Crippen MR) is 71.5 cm³/mol. The minimum atomic E-state index is -0.500. The summed E-state index contributed by atoms with van der Waals surface area (Å²) < 4.78 is 23.1. The molecule has 1 rings (SSSR count). The third-order valence-corrected chi connectivity index (χ3v) is 2.77. The van der Waals surface area contributed by atoms with Crippen molar-refractivity contribution in [2.24, 2.45) is 0 Å². The predicted octanol–water partition coefficient (Wildman–Crippen LogP) is 2.16. The number of hydrogen-bond acceptors (Lipinski definition) is 3. The summed E-state index contributed by atoms with van der Waals surface area (Å²) in [5.74, 6) is -0.354. The van der Waals surface area contributed by atoms with Gasteiger partial charge in [0.2, 0.25) is 0 Å². The van der Waals surface area contributed by atoms with Crippen LogP contribution in [0.4, 0.5) is 4.39 Å². The second-order valence-corrected chi connectivity index (χ2v) is 4.20. The zero-order valence-electron chi connectivity index (χ0n) is 11.0. The molecule has 0 unspecified atom stereocenters. The van der Waals surface area contributed by atoms with Crippen LogP contribution in [0.2, 0.25) is 0 Å². The molecule has 1 aromatic rings. The van der Waals surface area contributed by atoms with Crippen molar-refractivity contribution in [2.45, 2.75) is 0 Å². The molecule has 0 saturated heterocycles. The first-order chi connectivity index (χ1) is 9.13. The molecular formula is C13H17ClFNO3. The maximum Gasteiger partial charge on any atom is 0.254 e. The third kappa shape index (κ3) is 4.36. The Bertz CT molecular complexity index is 428. The molecule has 1 amide bonds. The average molecular weight is 290 g/mol. The molecule has 0 aromatic heterocycles. The van der Waals surface area contributed by atoms with E-state index < -0.39 is 5.82 Å². The highest BCUT2D eigenvalue weighted by Gasteiger charge is 2.16. The third-order valence-electron chi connectivity index (χ3n) is 2.61. The van der Waals surface area contributed by atoms with E-state index in [1.54, 1.807) is 12.0 Å². The van der Waals surface area contributed by atoms with Crippen LogP contribution in [0, 0.1) is 5.82 Å². The van der Waals surface area contributed by atoms with E-state index in [9.17, 15) is 9.18 Å². The highest BCUT2D eigenvalue weighted by Crippen LogP contribution is 2.19. The molecule has 0 aliphatic carbocycles. The zero-order chi connectivity index (χ0) is 14.3. The van der Waals surface area contributed by atoms with Gasteiger partial charge in [-0.05, 0) is 18.2 Å². The van der Waals surface area contributed by atoms with Gasteiger partial charge in [0.1, 0.15) is 0 Å². The fraction of sp³-hybridized carbons (Fsp3) is 0.462. The van der Waals surface area contributed by atoms with Gasteiger partial charge < -0.3 is 14.4 Å². The van der Waals surface area contributed by atoms with Crippen molar-refractivity contribution in [1.29, 1.82) is 0 Å². The number of rotatable bonds is 7. The van der Waals surface area contributed by atoms with Gasteiger partial charge in [0.05, 0.1) is 13.7 Å². The lowest BCUT2D eigenvalue weighted by molar-refractivity contribution is 0.0707. The van der Waals surface area contributed by atoms with Gasteiger partial charge in [-0.1, -0.05) is 0 Å². The Morgan fingerprint density at radius 2 is 2.11 bits per heavy atom. The van der Waals surface area contributed by atoms with Gasteiger partial charge in [-0.25, -0.2) is 4.39 Å². The van der Waals surface area contributed by atoms with Crippen LogP contribution in [0.25, 0.3) is 0 Å². The van der Waals surface area contributed by atoms with Crippen molar-refractivity contribution < 1.29 is 18.7 Å². The molecule has 19 heavy (non-hydrogen) atoms. The number of amides is 1. The fourth-order valence-corrected chi connectivity index (χ4v) is 1.80.